The number of aromatic nitrogens is 3. The molecule has 196 valence electrons. The molecule has 4 heterocycles. The maximum absolute atomic E-state index is 13.2. The Morgan fingerprint density at radius 1 is 1.22 bits per heavy atom. The standard InChI is InChI=1S/C26H31ClN6O4/c1-3-20(34)16-37-23-11-18-10-19(4-5-22(18)33(25(23)35)13-17-14-36-15-17)29-24-21(27)12-28-26(30-24)32-8-6-31(2)7-9-32/h4-5,10-12,17H,3,6-9,13-16H2,1-2H3,(H,28,29,30). The number of anilines is 3. The molecule has 0 aliphatic carbocycles. The zero-order chi connectivity index (χ0) is 25.9. The van der Waals surface area contributed by atoms with Crippen LogP contribution in [-0.4, -0.2) is 78.3 Å². The number of Topliss-reactive ketones (excluding diaryl/α,β-unsaturated/α-hetero) is 1. The molecule has 2 aliphatic rings. The van der Waals surface area contributed by atoms with Crippen LogP contribution in [0, 0.1) is 5.92 Å². The number of hydrogen-bond donors (Lipinski definition) is 1. The number of ketones is 1. The number of ether oxygens (including phenoxy) is 2. The highest BCUT2D eigenvalue weighted by molar-refractivity contribution is 6.32. The number of nitrogens with zero attached hydrogens (tertiary/aromatic N) is 5. The third kappa shape index (κ3) is 5.71. The summed E-state index contributed by atoms with van der Waals surface area (Å²) < 4.78 is 12.7. The second kappa shape index (κ2) is 11.0. The molecule has 0 atom stereocenters. The molecule has 2 fully saturated rings. The molecule has 0 saturated carbocycles. The van der Waals surface area contributed by atoms with Crippen molar-refractivity contribution in [3.63, 3.8) is 0 Å². The van der Waals surface area contributed by atoms with Crippen LogP contribution in [0.5, 0.6) is 5.75 Å². The van der Waals surface area contributed by atoms with E-state index in [1.54, 1.807) is 23.8 Å². The second-order valence-electron chi connectivity index (χ2n) is 9.56. The predicted octanol–water partition coefficient (Wildman–Crippen LogP) is 2.94. The molecule has 1 N–H and O–H groups in total. The molecule has 0 radical (unpaired) electrons. The van der Waals surface area contributed by atoms with Gasteiger partial charge in [-0.3, -0.25) is 9.59 Å². The van der Waals surface area contributed by atoms with Crippen LogP contribution in [0.2, 0.25) is 5.02 Å². The molecule has 37 heavy (non-hydrogen) atoms. The average Bonchev–Trinajstić information content (AvgIpc) is 2.87. The highest BCUT2D eigenvalue weighted by Crippen LogP contribution is 2.28. The lowest BCUT2D eigenvalue weighted by Crippen LogP contribution is -2.45. The van der Waals surface area contributed by atoms with Gasteiger partial charge in [-0.05, 0) is 31.3 Å². The topological polar surface area (TPSA) is 102 Å². The molecule has 1 aromatic carbocycles. The lowest BCUT2D eigenvalue weighted by Gasteiger charge is -2.32. The molecular formula is C26H31ClN6O4. The summed E-state index contributed by atoms with van der Waals surface area (Å²) in [6.07, 6.45) is 1.96. The first-order valence-corrected chi connectivity index (χ1v) is 12.9. The monoisotopic (exact) mass is 526 g/mol. The van der Waals surface area contributed by atoms with Crippen LogP contribution in [0.4, 0.5) is 17.5 Å². The molecule has 10 nitrogen and oxygen atoms in total. The van der Waals surface area contributed by atoms with Gasteiger partial charge in [0.15, 0.2) is 17.4 Å². The average molecular weight is 527 g/mol. The number of benzene rings is 1. The van der Waals surface area contributed by atoms with E-state index in [0.717, 1.165) is 42.8 Å². The van der Waals surface area contributed by atoms with Crippen molar-refractivity contribution in [1.82, 2.24) is 19.4 Å². The number of carbonyl (C=O) groups is 1. The Morgan fingerprint density at radius 3 is 2.70 bits per heavy atom. The third-order valence-electron chi connectivity index (χ3n) is 6.77. The molecule has 0 unspecified atom stereocenters. The van der Waals surface area contributed by atoms with Gasteiger partial charge >= 0.3 is 0 Å². The number of hydrogen-bond acceptors (Lipinski definition) is 9. The molecule has 11 heteroatoms. The Kier molecular flexibility index (Phi) is 7.59. The molecule has 5 rings (SSSR count). The van der Waals surface area contributed by atoms with Gasteiger partial charge in [-0.15, -0.1) is 0 Å². The van der Waals surface area contributed by atoms with Crippen LogP contribution in [0.3, 0.4) is 0 Å². The van der Waals surface area contributed by atoms with Gasteiger partial charge in [0.1, 0.15) is 11.6 Å². The molecule has 0 spiro atoms. The number of pyridine rings is 1. The smallest absolute Gasteiger partial charge is 0.293 e. The molecule has 0 bridgehead atoms. The number of halogens is 1. The van der Waals surface area contributed by atoms with Crippen LogP contribution in [0.25, 0.3) is 10.9 Å². The third-order valence-corrected chi connectivity index (χ3v) is 7.05. The van der Waals surface area contributed by atoms with Crippen molar-refractivity contribution in [2.45, 2.75) is 19.9 Å². The number of fused-ring (bicyclic) bond motifs is 1. The van der Waals surface area contributed by atoms with Gasteiger partial charge < -0.3 is 29.2 Å². The summed E-state index contributed by atoms with van der Waals surface area (Å²) in [5.41, 5.74) is 1.29. The molecular weight excluding hydrogens is 496 g/mol. The molecule has 0 amide bonds. The summed E-state index contributed by atoms with van der Waals surface area (Å²) >= 11 is 6.44. The van der Waals surface area contributed by atoms with Crippen LogP contribution in [0.15, 0.2) is 35.3 Å². The number of nitrogens with one attached hydrogen (secondary N) is 1. The van der Waals surface area contributed by atoms with Crippen molar-refractivity contribution in [1.29, 1.82) is 0 Å². The SMILES string of the molecule is CCC(=O)COc1cc2cc(Nc3nc(N4CCN(C)CC4)ncc3Cl)ccc2n(CC2COC2)c1=O. The van der Waals surface area contributed by atoms with Gasteiger partial charge in [-0.2, -0.15) is 4.98 Å². The van der Waals surface area contributed by atoms with E-state index in [2.05, 4.69) is 32.1 Å². The van der Waals surface area contributed by atoms with Crippen molar-refractivity contribution in [2.75, 3.05) is 63.3 Å². The van der Waals surface area contributed by atoms with Gasteiger partial charge in [-0.1, -0.05) is 18.5 Å². The Labute approximate surface area is 220 Å². The Hall–Kier alpha value is -3.21. The summed E-state index contributed by atoms with van der Waals surface area (Å²) in [6.45, 7) is 6.99. The molecule has 2 saturated heterocycles. The maximum Gasteiger partial charge on any atom is 0.293 e. The van der Waals surface area contributed by atoms with Crippen molar-refractivity contribution >= 4 is 45.7 Å². The van der Waals surface area contributed by atoms with Gasteiger partial charge in [0, 0.05) is 56.1 Å². The maximum atomic E-state index is 13.2. The first kappa shape index (κ1) is 25.4. The summed E-state index contributed by atoms with van der Waals surface area (Å²) in [4.78, 5) is 38.6. The Balaban J connectivity index is 1.45. The first-order chi connectivity index (χ1) is 17.9. The van der Waals surface area contributed by atoms with Gasteiger partial charge in [0.05, 0.1) is 24.9 Å². The normalized spacial score (nSPS) is 16.6. The summed E-state index contributed by atoms with van der Waals surface area (Å²) in [6, 6.07) is 7.41. The minimum absolute atomic E-state index is 0.0663. The van der Waals surface area contributed by atoms with E-state index < -0.39 is 0 Å². The predicted molar refractivity (Wildman–Crippen MR) is 143 cm³/mol. The van der Waals surface area contributed by atoms with Crippen LogP contribution in [0.1, 0.15) is 13.3 Å². The molecule has 2 aromatic heterocycles. The quantitative estimate of drug-likeness (QED) is 0.451. The fourth-order valence-electron chi connectivity index (χ4n) is 4.37. The minimum Gasteiger partial charge on any atom is -0.480 e. The van der Waals surface area contributed by atoms with Gasteiger partial charge in [0.25, 0.3) is 5.56 Å². The van der Waals surface area contributed by atoms with Crippen molar-refractivity contribution in [3.8, 4) is 5.75 Å². The van der Waals surface area contributed by atoms with E-state index in [-0.39, 0.29) is 29.6 Å². The van der Waals surface area contributed by atoms with E-state index >= 15 is 0 Å². The highest BCUT2D eigenvalue weighted by Gasteiger charge is 2.22. The first-order valence-electron chi connectivity index (χ1n) is 12.5. The largest absolute Gasteiger partial charge is 0.480 e. The fraction of sp³-hybridized carbons (Fsp3) is 0.462. The molecule has 3 aromatic rings. The van der Waals surface area contributed by atoms with Crippen LogP contribution < -0.4 is 20.5 Å². The number of rotatable bonds is 9. The van der Waals surface area contributed by atoms with E-state index in [4.69, 9.17) is 21.1 Å². The number of piperazine rings is 1. The lowest BCUT2D eigenvalue weighted by atomic mass is 10.1. The lowest BCUT2D eigenvalue weighted by molar-refractivity contribution is -0.120. The molecule has 2 aliphatic heterocycles. The van der Waals surface area contributed by atoms with Crippen molar-refractivity contribution < 1.29 is 14.3 Å². The fourth-order valence-corrected chi connectivity index (χ4v) is 4.51. The zero-order valence-electron chi connectivity index (χ0n) is 21.1. The van der Waals surface area contributed by atoms with Crippen molar-refractivity contribution in [3.05, 3.63) is 45.8 Å². The number of carbonyl (C=O) groups excluding carboxylic acids is 1. The van der Waals surface area contributed by atoms with Gasteiger partial charge in [0.2, 0.25) is 5.95 Å². The van der Waals surface area contributed by atoms with E-state index in [1.807, 2.05) is 18.2 Å². The summed E-state index contributed by atoms with van der Waals surface area (Å²) in [5.74, 6) is 1.50. The van der Waals surface area contributed by atoms with Gasteiger partial charge in [-0.25, -0.2) is 4.98 Å². The number of likely N-dealkylation sites (N-methyl/N-ethyl adjacent to an activating group) is 1. The van der Waals surface area contributed by atoms with Crippen LogP contribution >= 0.6 is 11.6 Å². The zero-order valence-corrected chi connectivity index (χ0v) is 21.8. The van der Waals surface area contributed by atoms with E-state index in [0.29, 0.717) is 43.0 Å². The minimum atomic E-state index is -0.250. The Bertz CT molecular complexity index is 1350. The summed E-state index contributed by atoms with van der Waals surface area (Å²) in [7, 11) is 2.10. The van der Waals surface area contributed by atoms with E-state index in [9.17, 15) is 9.59 Å². The van der Waals surface area contributed by atoms with E-state index in [1.165, 1.54) is 0 Å². The summed E-state index contributed by atoms with van der Waals surface area (Å²) in [5, 5.41) is 4.52. The Morgan fingerprint density at radius 2 is 2.00 bits per heavy atom. The second-order valence-corrected chi connectivity index (χ2v) is 9.97. The van der Waals surface area contributed by atoms with Crippen molar-refractivity contribution in [2.24, 2.45) is 5.92 Å². The highest BCUT2D eigenvalue weighted by atomic mass is 35.5. The van der Waals surface area contributed by atoms with Crippen LogP contribution in [-0.2, 0) is 16.1 Å².